The molecule has 1 aromatic rings. The van der Waals surface area contributed by atoms with E-state index < -0.39 is 21.7 Å². The Balaban J connectivity index is 1.85. The van der Waals surface area contributed by atoms with Gasteiger partial charge < -0.3 is 23.8 Å². The van der Waals surface area contributed by atoms with Crippen LogP contribution in [-0.4, -0.2) is 77.1 Å². The van der Waals surface area contributed by atoms with Crippen LogP contribution in [0, 0.1) is 17.3 Å². The van der Waals surface area contributed by atoms with Crippen LogP contribution in [0.5, 0.6) is 0 Å². The first kappa shape index (κ1) is 30.3. The van der Waals surface area contributed by atoms with Crippen molar-refractivity contribution in [2.24, 2.45) is 5.41 Å². The van der Waals surface area contributed by atoms with E-state index in [0.717, 1.165) is 30.4 Å². The topological polar surface area (TPSA) is 94.2 Å². The minimum Gasteiger partial charge on any atom is -0.598 e. The Morgan fingerprint density at radius 1 is 1.21 bits per heavy atom. The Labute approximate surface area is 231 Å². The van der Waals surface area contributed by atoms with E-state index in [0.29, 0.717) is 26.2 Å². The Bertz CT molecular complexity index is 1070. The van der Waals surface area contributed by atoms with Crippen molar-refractivity contribution >= 4 is 23.4 Å². The first-order valence-electron chi connectivity index (χ1n) is 13.2. The number of nitrogens with zero attached hydrogens (tertiary/aromatic N) is 2. The number of hydrogen-bond acceptors (Lipinski definition) is 6. The molecule has 1 N–H and O–H groups in total. The molecule has 2 amide bonds. The molecule has 0 saturated carbocycles. The summed E-state index contributed by atoms with van der Waals surface area (Å²) in [5, 5.41) is 0. The van der Waals surface area contributed by atoms with E-state index in [-0.39, 0.29) is 23.5 Å². The zero-order valence-electron chi connectivity index (χ0n) is 24.1. The van der Waals surface area contributed by atoms with Gasteiger partial charge in [-0.05, 0) is 84.1 Å². The summed E-state index contributed by atoms with van der Waals surface area (Å²) in [7, 11) is 3.30. The molecule has 2 aliphatic rings. The van der Waals surface area contributed by atoms with E-state index in [9.17, 15) is 14.1 Å². The number of rotatable bonds is 5. The molecule has 1 fully saturated rings. The number of benzene rings is 1. The van der Waals surface area contributed by atoms with Gasteiger partial charge in [-0.1, -0.05) is 12.0 Å². The van der Waals surface area contributed by atoms with E-state index >= 15 is 0 Å². The summed E-state index contributed by atoms with van der Waals surface area (Å²) >= 11 is -1.28. The highest BCUT2D eigenvalue weighted by Crippen LogP contribution is 2.53. The van der Waals surface area contributed by atoms with Crippen LogP contribution in [0.1, 0.15) is 77.1 Å². The molecule has 1 spiro atoms. The third kappa shape index (κ3) is 7.44. The number of amides is 2. The molecule has 0 bridgehead atoms. The molecule has 8 nitrogen and oxygen atoms in total. The van der Waals surface area contributed by atoms with Gasteiger partial charge in [0.05, 0.1) is 12.6 Å². The zero-order valence-corrected chi connectivity index (χ0v) is 24.9. The normalized spacial score (nSPS) is 19.4. The van der Waals surface area contributed by atoms with Crippen molar-refractivity contribution in [3.05, 3.63) is 34.9 Å². The maximum atomic E-state index is 13.3. The van der Waals surface area contributed by atoms with Crippen LogP contribution in [0.15, 0.2) is 18.2 Å². The SMILES string of the molecule is COCCN(C)C(=O)C#Cc1ccc2c(c1)[C@@H](N[S+]([O-])C(C)(C)C)C1(CCN(C(=O)OC(C)(C)C)CC1)C2. The third-order valence-corrected chi connectivity index (χ3v) is 8.66. The largest absolute Gasteiger partial charge is 0.598 e. The molecule has 0 aromatic heterocycles. The van der Waals surface area contributed by atoms with Crippen LogP contribution >= 0.6 is 0 Å². The summed E-state index contributed by atoms with van der Waals surface area (Å²) in [5.41, 5.74) is 2.28. The number of carbonyl (C=O) groups excluding carboxylic acids is 2. The average molecular weight is 546 g/mol. The molecule has 1 unspecified atom stereocenters. The monoisotopic (exact) mass is 545 g/mol. The maximum absolute atomic E-state index is 13.3. The second-order valence-electron chi connectivity index (χ2n) is 12.3. The van der Waals surface area contributed by atoms with Crippen LogP contribution in [0.4, 0.5) is 4.79 Å². The molecule has 0 radical (unpaired) electrons. The van der Waals surface area contributed by atoms with Crippen molar-refractivity contribution in [2.75, 3.05) is 40.4 Å². The first-order chi connectivity index (χ1) is 17.6. The predicted molar refractivity (Wildman–Crippen MR) is 150 cm³/mol. The number of likely N-dealkylation sites (tertiary alicyclic amines) is 1. The van der Waals surface area contributed by atoms with Crippen LogP contribution in [0.2, 0.25) is 0 Å². The maximum Gasteiger partial charge on any atom is 0.410 e. The molecular formula is C29H43N3O5S. The van der Waals surface area contributed by atoms with E-state index in [1.807, 2.05) is 53.7 Å². The van der Waals surface area contributed by atoms with Gasteiger partial charge in [0.2, 0.25) is 0 Å². The molecule has 1 heterocycles. The molecule has 1 aromatic carbocycles. The van der Waals surface area contributed by atoms with Gasteiger partial charge in [0.1, 0.15) is 10.3 Å². The number of piperidine rings is 1. The molecule has 3 rings (SSSR count). The lowest BCUT2D eigenvalue weighted by molar-refractivity contribution is -0.124. The highest BCUT2D eigenvalue weighted by Gasteiger charge is 2.51. The molecule has 210 valence electrons. The lowest BCUT2D eigenvalue weighted by Crippen LogP contribution is -2.51. The quantitative estimate of drug-likeness (QED) is 0.447. The van der Waals surface area contributed by atoms with E-state index in [1.54, 1.807) is 19.1 Å². The van der Waals surface area contributed by atoms with Crippen LogP contribution in [0.3, 0.4) is 0 Å². The lowest BCUT2D eigenvalue weighted by atomic mass is 9.73. The van der Waals surface area contributed by atoms with Crippen molar-refractivity contribution in [3.63, 3.8) is 0 Å². The first-order valence-corrected chi connectivity index (χ1v) is 14.3. The highest BCUT2D eigenvalue weighted by molar-refractivity contribution is 7.90. The van der Waals surface area contributed by atoms with Crippen LogP contribution in [0.25, 0.3) is 0 Å². The number of nitrogens with one attached hydrogen (secondary N) is 1. The standard InChI is InChI=1S/C29H43N3O5S/c1-27(2,3)37-26(34)32-15-13-29(14-16-32)20-22-11-9-21(10-12-24(33)31(7)17-18-36-8)19-23(22)25(29)30-38(35)28(4,5)6/h9,11,19,25,30H,13-18,20H2,1-8H3/t25-,38?/m1/s1. The van der Waals surface area contributed by atoms with E-state index in [1.165, 1.54) is 10.5 Å². The van der Waals surface area contributed by atoms with Gasteiger partial charge in [0, 0.05) is 62.1 Å². The van der Waals surface area contributed by atoms with Crippen molar-refractivity contribution in [3.8, 4) is 11.8 Å². The summed E-state index contributed by atoms with van der Waals surface area (Å²) in [5.74, 6) is 5.48. The fraction of sp³-hybridized carbons (Fsp3) is 0.655. The lowest BCUT2D eigenvalue weighted by Gasteiger charge is -2.43. The Kier molecular flexibility index (Phi) is 9.46. The van der Waals surface area contributed by atoms with Crippen molar-refractivity contribution in [1.29, 1.82) is 0 Å². The van der Waals surface area contributed by atoms with Gasteiger partial charge in [-0.25, -0.2) is 4.79 Å². The van der Waals surface area contributed by atoms with Gasteiger partial charge in [-0.15, -0.1) is 4.72 Å². The minimum atomic E-state index is -1.28. The van der Waals surface area contributed by atoms with Crippen LogP contribution < -0.4 is 4.72 Å². The average Bonchev–Trinajstić information content (AvgIpc) is 3.11. The third-order valence-electron chi connectivity index (χ3n) is 7.10. The summed E-state index contributed by atoms with van der Waals surface area (Å²) in [4.78, 5) is 28.4. The zero-order chi connectivity index (χ0) is 28.3. The minimum absolute atomic E-state index is 0.153. The Hall–Kier alpha value is -2.25. The molecule has 9 heteroatoms. The predicted octanol–water partition coefficient (Wildman–Crippen LogP) is 3.81. The van der Waals surface area contributed by atoms with Crippen molar-refractivity contribution < 1.29 is 23.6 Å². The smallest absolute Gasteiger partial charge is 0.410 e. The van der Waals surface area contributed by atoms with Crippen molar-refractivity contribution in [1.82, 2.24) is 14.5 Å². The molecule has 38 heavy (non-hydrogen) atoms. The molecule has 2 atom stereocenters. The number of ether oxygens (including phenoxy) is 2. The summed E-state index contributed by atoms with van der Waals surface area (Å²) < 4.78 is 26.9. The number of fused-ring (bicyclic) bond motifs is 1. The number of methoxy groups -OCH3 is 1. The summed E-state index contributed by atoms with van der Waals surface area (Å²) in [6, 6.07) is 5.89. The van der Waals surface area contributed by atoms with Gasteiger partial charge in [-0.3, -0.25) is 4.79 Å². The molecule has 1 saturated heterocycles. The second kappa shape index (κ2) is 11.9. The fourth-order valence-corrected chi connectivity index (χ4v) is 5.81. The Morgan fingerprint density at radius 3 is 2.45 bits per heavy atom. The molecular weight excluding hydrogens is 502 g/mol. The van der Waals surface area contributed by atoms with Crippen LogP contribution in [-0.2, 0) is 32.1 Å². The van der Waals surface area contributed by atoms with Gasteiger partial charge >= 0.3 is 6.09 Å². The van der Waals surface area contributed by atoms with Gasteiger partial charge in [-0.2, -0.15) is 0 Å². The van der Waals surface area contributed by atoms with E-state index in [4.69, 9.17) is 9.47 Å². The number of likely N-dealkylation sites (N-methyl/N-ethyl adjacent to an activating group) is 1. The second-order valence-corrected chi connectivity index (χ2v) is 14.3. The number of hydrogen-bond donors (Lipinski definition) is 1. The highest BCUT2D eigenvalue weighted by atomic mass is 32.2. The summed E-state index contributed by atoms with van der Waals surface area (Å²) in [6.45, 7) is 13.6. The molecule has 1 aliphatic carbocycles. The Morgan fingerprint density at radius 2 is 1.87 bits per heavy atom. The summed E-state index contributed by atoms with van der Waals surface area (Å²) in [6.07, 6.45) is 2.08. The van der Waals surface area contributed by atoms with Crippen molar-refractivity contribution in [2.45, 2.75) is 77.2 Å². The molecule has 1 aliphatic heterocycles. The van der Waals surface area contributed by atoms with E-state index in [2.05, 4.69) is 22.6 Å². The fourth-order valence-electron chi connectivity index (χ4n) is 4.86. The number of carbonyl (C=O) groups is 2. The van der Waals surface area contributed by atoms with Gasteiger partial charge in [0.25, 0.3) is 5.91 Å². The van der Waals surface area contributed by atoms with Gasteiger partial charge in [0.15, 0.2) is 0 Å².